The minimum Gasteiger partial charge on any atom is -0.467 e. The third-order valence-corrected chi connectivity index (χ3v) is 2.55. The highest BCUT2D eigenvalue weighted by atomic mass is 16.7. The van der Waals surface area contributed by atoms with Crippen LogP contribution in [0.2, 0.25) is 0 Å². The maximum absolute atomic E-state index is 5.50. The standard InChI is InChI=1S/C11H15NO2/c1-12-7-6-9-10(12)4-3-5-11(9)14-8-13-2/h3-5H,6-8H2,1-2H3. The minimum atomic E-state index is 0.320. The zero-order valence-electron chi connectivity index (χ0n) is 8.62. The second-order valence-electron chi connectivity index (χ2n) is 3.48. The maximum atomic E-state index is 5.50. The summed E-state index contributed by atoms with van der Waals surface area (Å²) in [7, 11) is 3.74. The molecule has 0 unspecified atom stereocenters. The van der Waals surface area contributed by atoms with Gasteiger partial charge in [0.15, 0.2) is 6.79 Å². The highest BCUT2D eigenvalue weighted by molar-refractivity contribution is 5.62. The zero-order chi connectivity index (χ0) is 9.97. The molecular formula is C11H15NO2. The van der Waals surface area contributed by atoms with Crippen LogP contribution < -0.4 is 9.64 Å². The molecule has 14 heavy (non-hydrogen) atoms. The lowest BCUT2D eigenvalue weighted by atomic mass is 10.1. The van der Waals surface area contributed by atoms with E-state index in [1.165, 1.54) is 11.3 Å². The van der Waals surface area contributed by atoms with Crippen LogP contribution in [0.5, 0.6) is 5.75 Å². The van der Waals surface area contributed by atoms with Crippen molar-refractivity contribution in [1.29, 1.82) is 0 Å². The Morgan fingerprint density at radius 1 is 1.43 bits per heavy atom. The molecule has 1 aliphatic heterocycles. The van der Waals surface area contributed by atoms with Crippen molar-refractivity contribution in [3.8, 4) is 5.75 Å². The number of anilines is 1. The van der Waals surface area contributed by atoms with Gasteiger partial charge in [-0.2, -0.15) is 0 Å². The second-order valence-corrected chi connectivity index (χ2v) is 3.48. The molecule has 3 nitrogen and oxygen atoms in total. The first-order valence-corrected chi connectivity index (χ1v) is 4.77. The molecule has 1 aliphatic rings. The van der Waals surface area contributed by atoms with Gasteiger partial charge in [-0.1, -0.05) is 6.07 Å². The van der Waals surface area contributed by atoms with Crippen molar-refractivity contribution in [2.24, 2.45) is 0 Å². The van der Waals surface area contributed by atoms with Crippen LogP contribution in [0.15, 0.2) is 18.2 Å². The van der Waals surface area contributed by atoms with Gasteiger partial charge in [0.1, 0.15) is 5.75 Å². The molecule has 0 N–H and O–H groups in total. The number of hydrogen-bond acceptors (Lipinski definition) is 3. The van der Waals surface area contributed by atoms with Crippen LogP contribution in [0, 0.1) is 0 Å². The van der Waals surface area contributed by atoms with Crippen LogP contribution in [0.1, 0.15) is 5.56 Å². The molecule has 0 bridgehead atoms. The molecule has 1 heterocycles. The van der Waals surface area contributed by atoms with E-state index in [0.29, 0.717) is 6.79 Å². The molecule has 76 valence electrons. The average molecular weight is 193 g/mol. The van der Waals surface area contributed by atoms with E-state index in [9.17, 15) is 0 Å². The molecule has 1 aromatic rings. The molecular weight excluding hydrogens is 178 g/mol. The fourth-order valence-electron chi connectivity index (χ4n) is 1.82. The molecule has 3 heteroatoms. The van der Waals surface area contributed by atoms with E-state index in [0.717, 1.165) is 18.7 Å². The van der Waals surface area contributed by atoms with Gasteiger partial charge in [-0.25, -0.2) is 0 Å². The quantitative estimate of drug-likeness (QED) is 0.681. The van der Waals surface area contributed by atoms with Crippen LogP contribution in [0.4, 0.5) is 5.69 Å². The molecule has 0 saturated heterocycles. The normalized spacial score (nSPS) is 14.3. The molecule has 0 aliphatic carbocycles. The largest absolute Gasteiger partial charge is 0.467 e. The number of rotatable bonds is 3. The molecule has 0 amide bonds. The van der Waals surface area contributed by atoms with Gasteiger partial charge in [-0.3, -0.25) is 0 Å². The smallest absolute Gasteiger partial charge is 0.188 e. The van der Waals surface area contributed by atoms with Crippen molar-refractivity contribution in [1.82, 2.24) is 0 Å². The van der Waals surface area contributed by atoms with Crippen molar-refractivity contribution < 1.29 is 9.47 Å². The van der Waals surface area contributed by atoms with Crippen molar-refractivity contribution in [3.63, 3.8) is 0 Å². The summed E-state index contributed by atoms with van der Waals surface area (Å²) in [5.41, 5.74) is 2.57. The third-order valence-electron chi connectivity index (χ3n) is 2.55. The summed E-state index contributed by atoms with van der Waals surface area (Å²) in [5.74, 6) is 0.952. The Morgan fingerprint density at radius 2 is 2.29 bits per heavy atom. The van der Waals surface area contributed by atoms with E-state index >= 15 is 0 Å². The first kappa shape index (κ1) is 9.34. The molecule has 0 saturated carbocycles. The lowest BCUT2D eigenvalue weighted by Gasteiger charge is -2.13. The van der Waals surface area contributed by atoms with Crippen molar-refractivity contribution in [3.05, 3.63) is 23.8 Å². The Kier molecular flexibility index (Phi) is 2.59. The van der Waals surface area contributed by atoms with Crippen molar-refractivity contribution in [2.75, 3.05) is 32.4 Å². The Labute approximate surface area is 84.2 Å². The Hall–Kier alpha value is -1.22. The summed E-state index contributed by atoms with van der Waals surface area (Å²) in [6.07, 6.45) is 1.06. The predicted molar refractivity (Wildman–Crippen MR) is 55.9 cm³/mol. The van der Waals surface area contributed by atoms with E-state index in [2.05, 4.69) is 18.0 Å². The van der Waals surface area contributed by atoms with Gasteiger partial charge < -0.3 is 14.4 Å². The van der Waals surface area contributed by atoms with E-state index in [-0.39, 0.29) is 0 Å². The zero-order valence-corrected chi connectivity index (χ0v) is 8.62. The maximum Gasteiger partial charge on any atom is 0.188 e. The Morgan fingerprint density at radius 3 is 3.07 bits per heavy atom. The summed E-state index contributed by atoms with van der Waals surface area (Å²) < 4.78 is 10.4. The van der Waals surface area contributed by atoms with Gasteiger partial charge in [0.25, 0.3) is 0 Å². The fourth-order valence-corrected chi connectivity index (χ4v) is 1.82. The van der Waals surface area contributed by atoms with E-state index in [4.69, 9.17) is 9.47 Å². The SMILES string of the molecule is COCOc1cccc2c1CCN2C. The minimum absolute atomic E-state index is 0.320. The third kappa shape index (κ3) is 1.55. The predicted octanol–water partition coefficient (Wildman–Crippen LogP) is 1.66. The number of hydrogen-bond donors (Lipinski definition) is 0. The average Bonchev–Trinajstić information content (AvgIpc) is 2.58. The highest BCUT2D eigenvalue weighted by Gasteiger charge is 2.18. The number of ether oxygens (including phenoxy) is 2. The lowest BCUT2D eigenvalue weighted by molar-refractivity contribution is 0.0506. The first-order valence-electron chi connectivity index (χ1n) is 4.77. The van der Waals surface area contributed by atoms with Crippen LogP contribution >= 0.6 is 0 Å². The Bertz CT molecular complexity index is 325. The summed E-state index contributed by atoms with van der Waals surface area (Å²) >= 11 is 0. The number of benzene rings is 1. The van der Waals surface area contributed by atoms with Gasteiger partial charge in [0.2, 0.25) is 0 Å². The first-order chi connectivity index (χ1) is 6.83. The second kappa shape index (κ2) is 3.88. The summed E-state index contributed by atoms with van der Waals surface area (Å²) in [5, 5.41) is 0. The van der Waals surface area contributed by atoms with Gasteiger partial charge in [0.05, 0.1) is 0 Å². The van der Waals surface area contributed by atoms with Gasteiger partial charge in [-0.05, 0) is 18.6 Å². The molecule has 2 rings (SSSR count). The number of methoxy groups -OCH3 is 1. The monoisotopic (exact) mass is 193 g/mol. The van der Waals surface area contributed by atoms with E-state index < -0.39 is 0 Å². The van der Waals surface area contributed by atoms with E-state index in [1.807, 2.05) is 12.1 Å². The molecule has 0 atom stereocenters. The number of fused-ring (bicyclic) bond motifs is 1. The fraction of sp³-hybridized carbons (Fsp3) is 0.455. The van der Waals surface area contributed by atoms with Crippen LogP contribution in [-0.4, -0.2) is 27.5 Å². The van der Waals surface area contributed by atoms with Crippen LogP contribution in [0.3, 0.4) is 0 Å². The molecule has 1 aromatic carbocycles. The number of likely N-dealkylation sites (N-methyl/N-ethyl adjacent to an activating group) is 1. The molecule has 0 spiro atoms. The summed E-state index contributed by atoms with van der Waals surface area (Å²) in [4.78, 5) is 2.25. The lowest BCUT2D eigenvalue weighted by Crippen LogP contribution is -2.12. The highest BCUT2D eigenvalue weighted by Crippen LogP contribution is 2.33. The molecule has 0 radical (unpaired) electrons. The topological polar surface area (TPSA) is 21.7 Å². The van der Waals surface area contributed by atoms with Gasteiger partial charge in [-0.15, -0.1) is 0 Å². The van der Waals surface area contributed by atoms with Crippen molar-refractivity contribution >= 4 is 5.69 Å². The summed E-state index contributed by atoms with van der Waals surface area (Å²) in [6.45, 7) is 1.39. The Balaban J connectivity index is 2.25. The van der Waals surface area contributed by atoms with Crippen LogP contribution in [0.25, 0.3) is 0 Å². The van der Waals surface area contributed by atoms with Gasteiger partial charge in [0, 0.05) is 32.0 Å². The molecule has 0 aromatic heterocycles. The molecule has 0 fully saturated rings. The van der Waals surface area contributed by atoms with Crippen LogP contribution in [-0.2, 0) is 11.2 Å². The number of nitrogens with zero attached hydrogens (tertiary/aromatic N) is 1. The summed E-state index contributed by atoms with van der Waals surface area (Å²) in [6, 6.07) is 6.14. The van der Waals surface area contributed by atoms with Crippen molar-refractivity contribution in [2.45, 2.75) is 6.42 Å². The van der Waals surface area contributed by atoms with Gasteiger partial charge >= 0.3 is 0 Å². The van der Waals surface area contributed by atoms with E-state index in [1.54, 1.807) is 7.11 Å².